The van der Waals surface area contributed by atoms with Crippen LogP contribution in [-0.4, -0.2) is 27.3 Å². The minimum atomic E-state index is -4.25. The van der Waals surface area contributed by atoms with Crippen LogP contribution in [0.15, 0.2) is 24.5 Å². The van der Waals surface area contributed by atoms with E-state index >= 15 is 0 Å². The van der Waals surface area contributed by atoms with E-state index < -0.39 is 12.1 Å². The quantitative estimate of drug-likeness (QED) is 0.846. The van der Waals surface area contributed by atoms with Gasteiger partial charge in [-0.3, -0.25) is 4.98 Å². The van der Waals surface area contributed by atoms with Crippen molar-refractivity contribution in [3.05, 3.63) is 35.9 Å². The van der Waals surface area contributed by atoms with Gasteiger partial charge in [0.1, 0.15) is 11.6 Å². The number of hydrogen-bond acceptors (Lipinski definition) is 3. The van der Waals surface area contributed by atoms with Crippen molar-refractivity contribution in [3.63, 3.8) is 0 Å². The molecular weight excluding hydrogens is 319 g/mol. The Labute approximate surface area is 138 Å². The highest BCUT2D eigenvalue weighted by Gasteiger charge is 2.40. The van der Waals surface area contributed by atoms with E-state index in [1.807, 2.05) is 6.92 Å². The third kappa shape index (κ3) is 3.02. The Kier molecular flexibility index (Phi) is 4.34. The predicted octanol–water partition coefficient (Wildman–Crippen LogP) is 4.02. The number of ether oxygens (including phenoxy) is 1. The summed E-state index contributed by atoms with van der Waals surface area (Å²) in [7, 11) is 1.80. The molecule has 1 atom stereocenters. The lowest BCUT2D eigenvalue weighted by atomic mass is 9.96. The van der Waals surface area contributed by atoms with Crippen LogP contribution in [0.25, 0.3) is 17.5 Å². The van der Waals surface area contributed by atoms with Gasteiger partial charge in [0.25, 0.3) is 0 Å². The molecule has 0 bridgehead atoms. The average molecular weight is 337 g/mol. The van der Waals surface area contributed by atoms with Crippen LogP contribution in [0.3, 0.4) is 0 Å². The van der Waals surface area contributed by atoms with Crippen LogP contribution in [0, 0.1) is 5.92 Å². The van der Waals surface area contributed by atoms with Gasteiger partial charge in [-0.25, -0.2) is 4.98 Å². The van der Waals surface area contributed by atoms with Crippen LogP contribution in [0.5, 0.6) is 5.75 Å². The molecule has 0 aromatic carbocycles. The highest BCUT2D eigenvalue weighted by molar-refractivity contribution is 5.67. The first-order valence-corrected chi connectivity index (χ1v) is 7.79. The minimum Gasteiger partial charge on any atom is -0.491 e. The summed E-state index contributed by atoms with van der Waals surface area (Å²) in [5, 5.41) is 0. The standard InChI is InChI=1S/C17H18F3N3O/c1-3-8-24-15-10-21-7-6-12(15)16-22-13-9-11(17(18,19)20)4-5-14(13)23(16)2/h4-7,10-11H,3,8-9H2,1-2H3. The van der Waals surface area contributed by atoms with Gasteiger partial charge >= 0.3 is 6.18 Å². The molecule has 0 N–H and O–H groups in total. The third-order valence-corrected chi connectivity index (χ3v) is 4.02. The van der Waals surface area contributed by atoms with Gasteiger partial charge in [0.2, 0.25) is 0 Å². The molecule has 3 rings (SSSR count). The minimum absolute atomic E-state index is 0.139. The molecule has 0 saturated carbocycles. The fourth-order valence-electron chi connectivity index (χ4n) is 2.77. The van der Waals surface area contributed by atoms with Gasteiger partial charge < -0.3 is 9.30 Å². The maximum absolute atomic E-state index is 13.0. The molecule has 1 aliphatic rings. The molecule has 1 aliphatic carbocycles. The van der Waals surface area contributed by atoms with Crippen LogP contribution < -0.4 is 4.74 Å². The third-order valence-electron chi connectivity index (χ3n) is 4.02. The maximum Gasteiger partial charge on any atom is 0.395 e. The molecule has 0 amide bonds. The number of aromatic nitrogens is 3. The number of fused-ring (bicyclic) bond motifs is 1. The Balaban J connectivity index is 1.99. The average Bonchev–Trinajstić information content (AvgIpc) is 2.89. The largest absolute Gasteiger partial charge is 0.491 e. The zero-order chi connectivity index (χ0) is 17.3. The van der Waals surface area contributed by atoms with E-state index in [-0.39, 0.29) is 6.42 Å². The van der Waals surface area contributed by atoms with Crippen LogP contribution in [0.2, 0.25) is 0 Å². The summed E-state index contributed by atoms with van der Waals surface area (Å²) in [6.07, 6.45) is 2.39. The molecule has 0 spiro atoms. The SMILES string of the molecule is CCCOc1cnccc1-c1nc2c(n1C)C=CC(C(F)(F)F)C2. The molecule has 2 heterocycles. The van der Waals surface area contributed by atoms with E-state index in [0.717, 1.165) is 12.0 Å². The highest BCUT2D eigenvalue weighted by atomic mass is 19.4. The van der Waals surface area contributed by atoms with E-state index in [9.17, 15) is 13.2 Å². The summed E-state index contributed by atoms with van der Waals surface area (Å²) in [4.78, 5) is 8.51. The highest BCUT2D eigenvalue weighted by Crippen LogP contribution is 2.37. The van der Waals surface area contributed by atoms with Crippen molar-refractivity contribution in [2.75, 3.05) is 6.61 Å². The number of pyridine rings is 1. The van der Waals surface area contributed by atoms with Crippen molar-refractivity contribution in [2.45, 2.75) is 25.9 Å². The fourth-order valence-corrected chi connectivity index (χ4v) is 2.77. The van der Waals surface area contributed by atoms with Crippen molar-refractivity contribution in [2.24, 2.45) is 13.0 Å². The van der Waals surface area contributed by atoms with Gasteiger partial charge in [-0.05, 0) is 18.6 Å². The number of imidazole rings is 1. The first-order valence-electron chi connectivity index (χ1n) is 7.79. The van der Waals surface area contributed by atoms with Gasteiger partial charge in [0.15, 0.2) is 0 Å². The topological polar surface area (TPSA) is 39.9 Å². The van der Waals surface area contributed by atoms with E-state index in [4.69, 9.17) is 4.74 Å². The molecule has 1 unspecified atom stereocenters. The van der Waals surface area contributed by atoms with Gasteiger partial charge in [-0.1, -0.05) is 13.0 Å². The van der Waals surface area contributed by atoms with Gasteiger partial charge in [-0.15, -0.1) is 0 Å². The Bertz CT molecular complexity index is 765. The molecule has 4 nitrogen and oxygen atoms in total. The summed E-state index contributed by atoms with van der Waals surface area (Å²) in [5.74, 6) is -0.317. The van der Waals surface area contributed by atoms with Crippen molar-refractivity contribution in [1.82, 2.24) is 14.5 Å². The molecule has 0 radical (unpaired) electrons. The number of halogens is 3. The fraction of sp³-hybridized carbons (Fsp3) is 0.412. The van der Waals surface area contributed by atoms with Crippen molar-refractivity contribution in [3.8, 4) is 17.1 Å². The molecule has 7 heteroatoms. The molecule has 2 aromatic rings. The van der Waals surface area contributed by atoms with Crippen molar-refractivity contribution < 1.29 is 17.9 Å². The lowest BCUT2D eigenvalue weighted by molar-refractivity contribution is -0.160. The van der Waals surface area contributed by atoms with Crippen LogP contribution in [-0.2, 0) is 13.5 Å². The second-order valence-electron chi connectivity index (χ2n) is 5.76. The molecular formula is C17H18F3N3O. The van der Waals surface area contributed by atoms with Crippen LogP contribution >= 0.6 is 0 Å². The van der Waals surface area contributed by atoms with E-state index in [0.29, 0.717) is 29.6 Å². The first kappa shape index (κ1) is 16.5. The summed E-state index contributed by atoms with van der Waals surface area (Å²) in [5.41, 5.74) is 1.88. The van der Waals surface area contributed by atoms with Crippen molar-refractivity contribution >= 4 is 6.08 Å². The molecule has 0 saturated heterocycles. The van der Waals surface area contributed by atoms with Gasteiger partial charge in [-0.2, -0.15) is 13.2 Å². The number of allylic oxidation sites excluding steroid dienone is 1. The number of rotatable bonds is 4. The van der Waals surface area contributed by atoms with Gasteiger partial charge in [0, 0.05) is 19.7 Å². The monoisotopic (exact) mass is 337 g/mol. The second kappa shape index (κ2) is 6.30. The zero-order valence-corrected chi connectivity index (χ0v) is 13.5. The lowest BCUT2D eigenvalue weighted by Crippen LogP contribution is -2.25. The summed E-state index contributed by atoms with van der Waals surface area (Å²) >= 11 is 0. The second-order valence-corrected chi connectivity index (χ2v) is 5.76. The van der Waals surface area contributed by atoms with Crippen LogP contribution in [0.4, 0.5) is 13.2 Å². The number of alkyl halides is 3. The molecule has 24 heavy (non-hydrogen) atoms. The molecule has 0 aliphatic heterocycles. The first-order chi connectivity index (χ1) is 11.4. The Morgan fingerprint density at radius 3 is 2.88 bits per heavy atom. The van der Waals surface area contributed by atoms with Crippen LogP contribution in [0.1, 0.15) is 24.7 Å². The normalized spacial score (nSPS) is 17.0. The van der Waals surface area contributed by atoms with E-state index in [1.165, 1.54) is 12.2 Å². The van der Waals surface area contributed by atoms with Gasteiger partial charge in [0.05, 0.1) is 35.7 Å². The smallest absolute Gasteiger partial charge is 0.395 e. The number of hydrogen-bond donors (Lipinski definition) is 0. The lowest BCUT2D eigenvalue weighted by Gasteiger charge is -2.19. The molecule has 2 aromatic heterocycles. The number of nitrogens with zero attached hydrogens (tertiary/aromatic N) is 3. The Morgan fingerprint density at radius 2 is 2.17 bits per heavy atom. The Morgan fingerprint density at radius 1 is 1.38 bits per heavy atom. The molecule has 0 fully saturated rings. The maximum atomic E-state index is 13.0. The summed E-state index contributed by atoms with van der Waals surface area (Å²) in [6.45, 7) is 2.54. The van der Waals surface area contributed by atoms with E-state index in [2.05, 4.69) is 9.97 Å². The van der Waals surface area contributed by atoms with E-state index in [1.54, 1.807) is 30.1 Å². The summed E-state index contributed by atoms with van der Waals surface area (Å²) < 4.78 is 46.4. The summed E-state index contributed by atoms with van der Waals surface area (Å²) in [6, 6.07) is 1.77. The van der Waals surface area contributed by atoms with Crippen molar-refractivity contribution in [1.29, 1.82) is 0 Å². The molecule has 128 valence electrons. The predicted molar refractivity (Wildman–Crippen MR) is 84.5 cm³/mol. The Hall–Kier alpha value is -2.31. The zero-order valence-electron chi connectivity index (χ0n) is 13.5.